The summed E-state index contributed by atoms with van der Waals surface area (Å²) in [6, 6.07) is 16.4. The maximum absolute atomic E-state index is 12.0. The molecule has 0 spiro atoms. The normalized spacial score (nSPS) is 16.6. The van der Waals surface area contributed by atoms with Crippen LogP contribution in [-0.2, 0) is 27.6 Å². The molecule has 1 fully saturated rings. The third-order valence-corrected chi connectivity index (χ3v) is 3.96. The highest BCUT2D eigenvalue weighted by atomic mass is 16.7. The monoisotopic (exact) mass is 356 g/mol. The van der Waals surface area contributed by atoms with Crippen LogP contribution in [0.15, 0.2) is 54.6 Å². The first-order chi connectivity index (χ1) is 12.6. The van der Waals surface area contributed by atoms with Gasteiger partial charge in [0, 0.05) is 24.1 Å². The van der Waals surface area contributed by atoms with Crippen molar-refractivity contribution in [1.29, 1.82) is 0 Å². The Morgan fingerprint density at radius 1 is 1.12 bits per heavy atom. The Hall–Kier alpha value is -2.90. The van der Waals surface area contributed by atoms with Crippen LogP contribution in [0.1, 0.15) is 24.0 Å². The summed E-state index contributed by atoms with van der Waals surface area (Å²) >= 11 is 0. The smallest absolute Gasteiger partial charge is 0.411 e. The largest absolute Gasteiger partial charge is 0.444 e. The number of anilines is 1. The molecule has 2 aromatic carbocycles. The van der Waals surface area contributed by atoms with Gasteiger partial charge in [-0.3, -0.25) is 14.9 Å². The van der Waals surface area contributed by atoms with Gasteiger partial charge in [0.1, 0.15) is 13.2 Å². The van der Waals surface area contributed by atoms with Crippen LogP contribution in [0.2, 0.25) is 0 Å². The first-order valence-corrected chi connectivity index (χ1v) is 8.32. The van der Waals surface area contributed by atoms with Gasteiger partial charge in [-0.25, -0.2) is 4.79 Å². The molecule has 2 N–H and O–H groups in total. The number of benzene rings is 2. The third kappa shape index (κ3) is 4.59. The average Bonchev–Trinajstić information content (AvgIpc) is 2.98. The van der Waals surface area contributed by atoms with Gasteiger partial charge in [-0.1, -0.05) is 48.5 Å². The van der Waals surface area contributed by atoms with Gasteiger partial charge in [-0.15, -0.1) is 0 Å². The summed E-state index contributed by atoms with van der Waals surface area (Å²) in [5.74, 6) is -0.259. The van der Waals surface area contributed by atoms with Crippen molar-refractivity contribution in [2.24, 2.45) is 0 Å². The van der Waals surface area contributed by atoms with Crippen LogP contribution in [0.5, 0.6) is 0 Å². The molecule has 0 radical (unpaired) electrons. The van der Waals surface area contributed by atoms with E-state index in [2.05, 4.69) is 5.32 Å². The second-order valence-corrected chi connectivity index (χ2v) is 5.86. The summed E-state index contributed by atoms with van der Waals surface area (Å²) in [4.78, 5) is 29.1. The SMILES string of the molecule is O=C(Nc1ccccc1CON1C(=O)CCC1O)OCc1ccccc1. The van der Waals surface area contributed by atoms with Crippen LogP contribution in [0.4, 0.5) is 10.5 Å². The maximum atomic E-state index is 12.0. The topological polar surface area (TPSA) is 88.1 Å². The predicted octanol–water partition coefficient (Wildman–Crippen LogP) is 2.81. The minimum atomic E-state index is -0.932. The molecule has 7 heteroatoms. The highest BCUT2D eigenvalue weighted by molar-refractivity contribution is 5.85. The zero-order valence-electron chi connectivity index (χ0n) is 14.1. The number of ether oxygens (including phenoxy) is 1. The zero-order valence-corrected chi connectivity index (χ0v) is 14.1. The number of para-hydroxylation sites is 1. The van der Waals surface area contributed by atoms with Crippen LogP contribution < -0.4 is 5.32 Å². The number of aliphatic hydroxyl groups is 1. The van der Waals surface area contributed by atoms with E-state index in [4.69, 9.17) is 9.57 Å². The van der Waals surface area contributed by atoms with Crippen molar-refractivity contribution < 1.29 is 24.3 Å². The number of hydrogen-bond acceptors (Lipinski definition) is 5. The van der Waals surface area contributed by atoms with E-state index in [9.17, 15) is 14.7 Å². The highest BCUT2D eigenvalue weighted by Gasteiger charge is 2.30. The molecular formula is C19H20N2O5. The Balaban J connectivity index is 1.56. The molecule has 3 rings (SSSR count). The molecular weight excluding hydrogens is 336 g/mol. The fourth-order valence-corrected chi connectivity index (χ4v) is 2.58. The molecule has 1 unspecified atom stereocenters. The van der Waals surface area contributed by atoms with Crippen molar-refractivity contribution in [2.45, 2.75) is 32.3 Å². The van der Waals surface area contributed by atoms with Gasteiger partial charge in [0.05, 0.1) is 0 Å². The molecule has 2 amide bonds. The molecule has 7 nitrogen and oxygen atoms in total. The Morgan fingerprint density at radius 3 is 2.58 bits per heavy atom. The molecule has 0 bridgehead atoms. The Morgan fingerprint density at radius 2 is 1.85 bits per heavy atom. The van der Waals surface area contributed by atoms with Gasteiger partial charge in [0.15, 0.2) is 6.23 Å². The quantitative estimate of drug-likeness (QED) is 0.831. The fourth-order valence-electron chi connectivity index (χ4n) is 2.58. The Labute approximate surface area is 151 Å². The molecule has 1 atom stereocenters. The van der Waals surface area contributed by atoms with Crippen LogP contribution in [0, 0.1) is 0 Å². The van der Waals surface area contributed by atoms with Gasteiger partial charge in [0.25, 0.3) is 0 Å². The molecule has 0 aliphatic carbocycles. The Bertz CT molecular complexity index is 766. The Kier molecular flexibility index (Phi) is 5.83. The molecule has 0 aromatic heterocycles. The number of amides is 2. The van der Waals surface area contributed by atoms with E-state index in [0.717, 1.165) is 10.6 Å². The molecule has 1 heterocycles. The summed E-state index contributed by atoms with van der Waals surface area (Å²) in [6.45, 7) is 0.206. The van der Waals surface area contributed by atoms with Crippen molar-refractivity contribution in [2.75, 3.05) is 5.32 Å². The number of hydroxylamine groups is 2. The van der Waals surface area contributed by atoms with Crippen molar-refractivity contribution in [3.63, 3.8) is 0 Å². The predicted molar refractivity (Wildman–Crippen MR) is 93.6 cm³/mol. The van der Waals surface area contributed by atoms with Crippen LogP contribution in [0.25, 0.3) is 0 Å². The van der Waals surface area contributed by atoms with Crippen molar-refractivity contribution in [3.8, 4) is 0 Å². The number of nitrogens with one attached hydrogen (secondary N) is 1. The summed E-state index contributed by atoms with van der Waals surface area (Å²) in [5.41, 5.74) is 2.07. The summed E-state index contributed by atoms with van der Waals surface area (Å²) in [5, 5.41) is 13.4. The summed E-state index contributed by atoms with van der Waals surface area (Å²) in [6.07, 6.45) is -0.908. The lowest BCUT2D eigenvalue weighted by molar-refractivity contribution is -0.224. The van der Waals surface area contributed by atoms with Gasteiger partial charge < -0.3 is 9.84 Å². The van der Waals surface area contributed by atoms with E-state index < -0.39 is 12.3 Å². The summed E-state index contributed by atoms with van der Waals surface area (Å²) < 4.78 is 5.20. The maximum Gasteiger partial charge on any atom is 0.411 e. The number of hydrogen-bond donors (Lipinski definition) is 2. The fraction of sp³-hybridized carbons (Fsp3) is 0.263. The number of aliphatic hydroxyl groups excluding tert-OH is 1. The van der Waals surface area contributed by atoms with Crippen LogP contribution >= 0.6 is 0 Å². The summed E-state index contributed by atoms with van der Waals surface area (Å²) in [7, 11) is 0. The minimum absolute atomic E-state index is 0.0396. The third-order valence-electron chi connectivity index (χ3n) is 3.96. The molecule has 2 aromatic rings. The first kappa shape index (κ1) is 17.9. The van der Waals surface area contributed by atoms with E-state index in [1.165, 1.54) is 0 Å². The number of nitrogens with zero attached hydrogens (tertiary/aromatic N) is 1. The van der Waals surface area contributed by atoms with Gasteiger partial charge >= 0.3 is 6.09 Å². The van der Waals surface area contributed by atoms with Crippen LogP contribution in [-0.4, -0.2) is 28.4 Å². The molecule has 0 saturated carbocycles. The van der Waals surface area contributed by atoms with E-state index >= 15 is 0 Å². The standard InChI is InChI=1S/C19H20N2O5/c22-17-10-11-18(23)21(17)26-13-15-8-4-5-9-16(15)20-19(24)25-12-14-6-2-1-3-7-14/h1-9,17,22H,10-13H2,(H,20,24). The lowest BCUT2D eigenvalue weighted by atomic mass is 10.2. The minimum Gasteiger partial charge on any atom is -0.444 e. The van der Waals surface area contributed by atoms with E-state index in [-0.39, 0.29) is 25.5 Å². The van der Waals surface area contributed by atoms with Gasteiger partial charge in [0.2, 0.25) is 5.91 Å². The molecule has 26 heavy (non-hydrogen) atoms. The molecule has 1 saturated heterocycles. The lowest BCUT2D eigenvalue weighted by Gasteiger charge is -2.20. The van der Waals surface area contributed by atoms with E-state index in [1.54, 1.807) is 24.3 Å². The number of carbonyl (C=O) groups excluding carboxylic acids is 2. The second-order valence-electron chi connectivity index (χ2n) is 5.86. The van der Waals surface area contributed by atoms with E-state index in [1.807, 2.05) is 30.3 Å². The average molecular weight is 356 g/mol. The molecule has 136 valence electrons. The molecule has 1 aliphatic rings. The van der Waals surface area contributed by atoms with E-state index in [0.29, 0.717) is 17.7 Å². The van der Waals surface area contributed by atoms with Gasteiger partial charge in [-0.05, 0) is 11.6 Å². The number of carbonyl (C=O) groups is 2. The zero-order chi connectivity index (χ0) is 18.4. The van der Waals surface area contributed by atoms with Crippen molar-refractivity contribution >= 4 is 17.7 Å². The van der Waals surface area contributed by atoms with Crippen LogP contribution in [0.3, 0.4) is 0 Å². The van der Waals surface area contributed by atoms with Crippen molar-refractivity contribution in [1.82, 2.24) is 5.06 Å². The first-order valence-electron chi connectivity index (χ1n) is 8.32. The van der Waals surface area contributed by atoms with Gasteiger partial charge in [-0.2, -0.15) is 5.06 Å². The second kappa shape index (κ2) is 8.46. The molecule has 1 aliphatic heterocycles. The number of rotatable bonds is 6. The lowest BCUT2D eigenvalue weighted by Crippen LogP contribution is -2.32. The van der Waals surface area contributed by atoms with Crippen molar-refractivity contribution in [3.05, 3.63) is 65.7 Å². The highest BCUT2D eigenvalue weighted by Crippen LogP contribution is 2.21.